The van der Waals surface area contributed by atoms with E-state index in [0.717, 1.165) is 19.3 Å². The summed E-state index contributed by atoms with van der Waals surface area (Å²) in [5.74, 6) is -0.313. The lowest BCUT2D eigenvalue weighted by Crippen LogP contribution is -2.36. The van der Waals surface area contributed by atoms with E-state index in [1.165, 1.54) is 0 Å². The number of esters is 1. The van der Waals surface area contributed by atoms with Gasteiger partial charge in [0.05, 0.1) is 12.2 Å². The molecule has 0 aromatic carbocycles. The van der Waals surface area contributed by atoms with Gasteiger partial charge in [0.25, 0.3) is 0 Å². The number of nitriles is 1. The highest BCUT2D eigenvalue weighted by atomic mass is 16.5. The van der Waals surface area contributed by atoms with Gasteiger partial charge < -0.3 is 9.47 Å². The summed E-state index contributed by atoms with van der Waals surface area (Å²) in [6, 6.07) is 1.93. The van der Waals surface area contributed by atoms with Crippen LogP contribution in [0.5, 0.6) is 0 Å². The van der Waals surface area contributed by atoms with E-state index in [2.05, 4.69) is 13.8 Å². The third-order valence-corrected chi connectivity index (χ3v) is 3.40. The van der Waals surface area contributed by atoms with Crippen LogP contribution in [-0.2, 0) is 14.3 Å². The van der Waals surface area contributed by atoms with Crippen molar-refractivity contribution in [2.24, 2.45) is 5.92 Å². The molecule has 1 saturated heterocycles. The Morgan fingerprint density at radius 2 is 2.33 bits per heavy atom. The maximum absolute atomic E-state index is 11.5. The highest BCUT2D eigenvalue weighted by molar-refractivity contribution is 5.92. The smallest absolute Gasteiger partial charge is 0.348 e. The van der Waals surface area contributed by atoms with Crippen LogP contribution >= 0.6 is 0 Å². The Bertz CT molecular complexity index is 370. The zero-order valence-electron chi connectivity index (χ0n) is 11.4. The molecule has 100 valence electrons. The second kappa shape index (κ2) is 6.55. The molecule has 0 N–H and O–H groups in total. The fourth-order valence-corrected chi connectivity index (χ4v) is 2.16. The lowest BCUT2D eigenvalue weighted by molar-refractivity contribution is -0.138. The Kier molecular flexibility index (Phi) is 5.36. The van der Waals surface area contributed by atoms with Gasteiger partial charge in [-0.1, -0.05) is 13.0 Å². The van der Waals surface area contributed by atoms with Gasteiger partial charge >= 0.3 is 5.97 Å². The Morgan fingerprint density at radius 1 is 1.61 bits per heavy atom. The van der Waals surface area contributed by atoms with Gasteiger partial charge in [-0.3, -0.25) is 0 Å². The van der Waals surface area contributed by atoms with Crippen LogP contribution in [0.25, 0.3) is 0 Å². The van der Waals surface area contributed by atoms with Crippen molar-refractivity contribution in [3.05, 3.63) is 11.6 Å². The van der Waals surface area contributed by atoms with E-state index in [4.69, 9.17) is 14.7 Å². The van der Waals surface area contributed by atoms with Gasteiger partial charge in [0, 0.05) is 6.61 Å². The summed E-state index contributed by atoms with van der Waals surface area (Å²) in [6.07, 6.45) is 4.36. The van der Waals surface area contributed by atoms with Crippen molar-refractivity contribution < 1.29 is 14.3 Å². The first-order valence-corrected chi connectivity index (χ1v) is 6.47. The highest BCUT2D eigenvalue weighted by Crippen LogP contribution is 2.32. The van der Waals surface area contributed by atoms with Crippen molar-refractivity contribution in [1.82, 2.24) is 0 Å². The standard InChI is InChI=1S/C14H21NO3/c1-4-14(3)9-11(6-7-18-14)8-12(10-15)13(16)17-5-2/h8,11H,4-7,9H2,1-3H3. The predicted octanol–water partition coefficient (Wildman–Crippen LogP) is 2.59. The lowest BCUT2D eigenvalue weighted by Gasteiger charge is -2.36. The summed E-state index contributed by atoms with van der Waals surface area (Å²) < 4.78 is 10.6. The van der Waals surface area contributed by atoms with Crippen molar-refractivity contribution in [2.75, 3.05) is 13.2 Å². The van der Waals surface area contributed by atoms with Crippen LogP contribution in [-0.4, -0.2) is 24.8 Å². The number of allylic oxidation sites excluding steroid dienone is 1. The minimum absolute atomic E-state index is 0.113. The van der Waals surface area contributed by atoms with Gasteiger partial charge in [0.2, 0.25) is 0 Å². The molecule has 0 amide bonds. The second-order valence-electron chi connectivity index (χ2n) is 4.82. The quantitative estimate of drug-likeness (QED) is 0.438. The number of nitrogens with zero attached hydrogens (tertiary/aromatic N) is 1. The zero-order valence-corrected chi connectivity index (χ0v) is 11.4. The molecule has 4 nitrogen and oxygen atoms in total. The Hall–Kier alpha value is -1.34. The summed E-state index contributed by atoms with van der Waals surface area (Å²) in [4.78, 5) is 11.5. The van der Waals surface area contributed by atoms with Crippen LogP contribution in [0.4, 0.5) is 0 Å². The molecule has 2 atom stereocenters. The van der Waals surface area contributed by atoms with Crippen molar-refractivity contribution in [2.45, 2.75) is 45.6 Å². The molecule has 0 spiro atoms. The summed E-state index contributed by atoms with van der Waals surface area (Å²) in [5.41, 5.74) is -0.0311. The molecule has 1 heterocycles. The van der Waals surface area contributed by atoms with Crippen LogP contribution in [0, 0.1) is 17.2 Å². The van der Waals surface area contributed by atoms with E-state index >= 15 is 0 Å². The largest absolute Gasteiger partial charge is 0.462 e. The summed E-state index contributed by atoms with van der Waals surface area (Å²) >= 11 is 0. The molecule has 4 heteroatoms. The molecule has 0 saturated carbocycles. The normalized spacial score (nSPS) is 28.6. The molecule has 0 bridgehead atoms. The topological polar surface area (TPSA) is 59.3 Å². The molecule has 1 rings (SSSR count). The van der Waals surface area contributed by atoms with E-state index < -0.39 is 5.97 Å². The van der Waals surface area contributed by atoms with Gasteiger partial charge in [-0.15, -0.1) is 0 Å². The van der Waals surface area contributed by atoms with Crippen LogP contribution in [0.1, 0.15) is 40.0 Å². The van der Waals surface area contributed by atoms with E-state index in [9.17, 15) is 4.79 Å². The van der Waals surface area contributed by atoms with Crippen molar-refractivity contribution in [3.63, 3.8) is 0 Å². The third-order valence-electron chi connectivity index (χ3n) is 3.40. The number of ether oxygens (including phenoxy) is 2. The Balaban J connectivity index is 2.74. The van der Waals surface area contributed by atoms with Crippen LogP contribution in [0.2, 0.25) is 0 Å². The Morgan fingerprint density at radius 3 is 2.89 bits per heavy atom. The molecular formula is C14H21NO3. The van der Waals surface area contributed by atoms with Crippen molar-refractivity contribution in [3.8, 4) is 6.07 Å². The van der Waals surface area contributed by atoms with E-state index in [1.807, 2.05) is 6.07 Å². The molecule has 1 aliphatic rings. The first-order chi connectivity index (χ1) is 8.54. The molecule has 18 heavy (non-hydrogen) atoms. The van der Waals surface area contributed by atoms with Crippen LogP contribution < -0.4 is 0 Å². The number of carbonyl (C=O) groups is 1. The first kappa shape index (κ1) is 14.7. The van der Waals surface area contributed by atoms with E-state index in [-0.39, 0.29) is 23.7 Å². The molecule has 0 aromatic rings. The average molecular weight is 251 g/mol. The molecule has 1 aliphatic heterocycles. The summed E-state index contributed by atoms with van der Waals surface area (Å²) in [5, 5.41) is 8.99. The maximum Gasteiger partial charge on any atom is 0.348 e. The van der Waals surface area contributed by atoms with Gasteiger partial charge in [-0.2, -0.15) is 5.26 Å². The molecule has 0 aliphatic carbocycles. The zero-order chi connectivity index (χ0) is 13.6. The lowest BCUT2D eigenvalue weighted by atomic mass is 9.84. The maximum atomic E-state index is 11.5. The number of hydrogen-bond acceptors (Lipinski definition) is 4. The number of carbonyl (C=O) groups excluding carboxylic acids is 1. The van der Waals surface area contributed by atoms with Gasteiger partial charge in [0.1, 0.15) is 11.6 Å². The number of hydrogen-bond donors (Lipinski definition) is 0. The predicted molar refractivity (Wildman–Crippen MR) is 67.7 cm³/mol. The minimum Gasteiger partial charge on any atom is -0.462 e. The summed E-state index contributed by atoms with van der Waals surface area (Å²) in [6.45, 7) is 6.85. The van der Waals surface area contributed by atoms with Gasteiger partial charge in [-0.05, 0) is 39.0 Å². The second-order valence-corrected chi connectivity index (χ2v) is 4.82. The molecule has 2 unspecified atom stereocenters. The summed E-state index contributed by atoms with van der Waals surface area (Å²) in [7, 11) is 0. The monoisotopic (exact) mass is 251 g/mol. The SMILES string of the molecule is CCOC(=O)C(C#N)=CC1CCOC(C)(CC)C1. The van der Waals surface area contributed by atoms with E-state index in [0.29, 0.717) is 6.61 Å². The van der Waals surface area contributed by atoms with Gasteiger partial charge in [-0.25, -0.2) is 4.79 Å². The van der Waals surface area contributed by atoms with E-state index in [1.54, 1.807) is 13.0 Å². The van der Waals surface area contributed by atoms with Crippen LogP contribution in [0.15, 0.2) is 11.6 Å². The van der Waals surface area contributed by atoms with Gasteiger partial charge in [0.15, 0.2) is 0 Å². The highest BCUT2D eigenvalue weighted by Gasteiger charge is 2.31. The van der Waals surface area contributed by atoms with Crippen LogP contribution in [0.3, 0.4) is 0 Å². The fraction of sp³-hybridized carbons (Fsp3) is 0.714. The Labute approximate surface area is 109 Å². The first-order valence-electron chi connectivity index (χ1n) is 6.47. The average Bonchev–Trinajstić information content (AvgIpc) is 2.36. The number of rotatable bonds is 4. The van der Waals surface area contributed by atoms with Crippen molar-refractivity contribution >= 4 is 5.97 Å². The third kappa shape index (κ3) is 3.85. The molecule has 0 radical (unpaired) electrons. The fourth-order valence-electron chi connectivity index (χ4n) is 2.16. The minimum atomic E-state index is -0.523. The molecule has 1 fully saturated rings. The van der Waals surface area contributed by atoms with Crippen molar-refractivity contribution in [1.29, 1.82) is 5.26 Å². The molecule has 0 aromatic heterocycles. The molecular weight excluding hydrogens is 230 g/mol.